The number of hydrogen-bond donors (Lipinski definition) is 1. The number of benzene rings is 1. The number of morpholine rings is 1. The second-order valence-electron chi connectivity index (χ2n) is 4.48. The molecule has 1 aliphatic heterocycles. The van der Waals surface area contributed by atoms with Crippen LogP contribution >= 0.6 is 24.0 Å². The van der Waals surface area contributed by atoms with E-state index in [9.17, 15) is 0 Å². The molecule has 0 aliphatic carbocycles. The number of para-hydroxylation sites is 1. The van der Waals surface area contributed by atoms with Gasteiger partial charge in [-0.2, -0.15) is 0 Å². The summed E-state index contributed by atoms with van der Waals surface area (Å²) in [6.45, 7) is 7.64. The summed E-state index contributed by atoms with van der Waals surface area (Å²) >= 11 is 0. The van der Waals surface area contributed by atoms with E-state index >= 15 is 0 Å². The molecule has 6 heteroatoms. The Labute approximate surface area is 142 Å². The van der Waals surface area contributed by atoms with Crippen molar-refractivity contribution in [3.63, 3.8) is 0 Å². The molecule has 1 aromatic carbocycles. The molecule has 0 aromatic heterocycles. The van der Waals surface area contributed by atoms with E-state index in [1.54, 1.807) is 6.08 Å². The van der Waals surface area contributed by atoms with Gasteiger partial charge in [-0.15, -0.1) is 24.0 Å². The van der Waals surface area contributed by atoms with Crippen LogP contribution in [0.3, 0.4) is 0 Å². The maximum atomic E-state index is 6.01. The van der Waals surface area contributed by atoms with E-state index < -0.39 is 0 Å². The second-order valence-corrected chi connectivity index (χ2v) is 4.48. The summed E-state index contributed by atoms with van der Waals surface area (Å²) in [5, 5.41) is 0. The van der Waals surface area contributed by atoms with Crippen LogP contribution in [0.1, 0.15) is 5.56 Å². The Hall–Kier alpha value is -1.28. The molecule has 1 heterocycles. The highest BCUT2D eigenvalue weighted by Crippen LogP contribution is 2.18. The third kappa shape index (κ3) is 5.55. The predicted molar refractivity (Wildman–Crippen MR) is 95.3 cm³/mol. The highest BCUT2D eigenvalue weighted by Gasteiger charge is 2.12. The first-order chi connectivity index (χ1) is 9.81. The van der Waals surface area contributed by atoms with E-state index in [4.69, 9.17) is 15.2 Å². The average Bonchev–Trinajstić information content (AvgIpc) is 2.52. The summed E-state index contributed by atoms with van der Waals surface area (Å²) in [5.74, 6) is 1.39. The van der Waals surface area contributed by atoms with Crippen molar-refractivity contribution >= 4 is 29.9 Å². The van der Waals surface area contributed by atoms with Gasteiger partial charge in [0.1, 0.15) is 12.4 Å². The molecule has 21 heavy (non-hydrogen) atoms. The van der Waals surface area contributed by atoms with Gasteiger partial charge in [-0.3, -0.25) is 0 Å². The van der Waals surface area contributed by atoms with Crippen LogP contribution in [0.25, 0.3) is 0 Å². The lowest BCUT2D eigenvalue weighted by molar-refractivity contribution is 0.0674. The molecule has 0 spiro atoms. The molecule has 116 valence electrons. The Bertz CT molecular complexity index is 474. The van der Waals surface area contributed by atoms with Crippen LogP contribution in [0.5, 0.6) is 5.75 Å². The lowest BCUT2D eigenvalue weighted by atomic mass is 10.2. The molecule has 2 rings (SSSR count). The predicted octanol–water partition coefficient (Wildman–Crippen LogP) is 2.02. The van der Waals surface area contributed by atoms with Gasteiger partial charge >= 0.3 is 0 Å². The number of ether oxygens (including phenoxy) is 2. The first-order valence-electron chi connectivity index (χ1n) is 6.75. The highest BCUT2D eigenvalue weighted by atomic mass is 127. The highest BCUT2D eigenvalue weighted by molar-refractivity contribution is 14.0. The van der Waals surface area contributed by atoms with Crippen LogP contribution < -0.4 is 10.5 Å². The molecule has 2 N–H and O–H groups in total. The van der Waals surface area contributed by atoms with Gasteiger partial charge in [0.2, 0.25) is 0 Å². The Kier molecular flexibility index (Phi) is 8.14. The third-order valence-corrected chi connectivity index (χ3v) is 3.08. The van der Waals surface area contributed by atoms with Crippen molar-refractivity contribution < 1.29 is 9.47 Å². The molecule has 0 radical (unpaired) electrons. The molecule has 0 unspecified atom stereocenters. The number of rotatable bonds is 5. The fourth-order valence-electron chi connectivity index (χ4n) is 1.98. The first-order valence-corrected chi connectivity index (χ1v) is 6.75. The summed E-state index contributed by atoms with van der Waals surface area (Å²) in [7, 11) is 0. The number of nitrogens with two attached hydrogens (primary N) is 1. The van der Waals surface area contributed by atoms with Crippen molar-refractivity contribution in [2.45, 2.75) is 6.54 Å². The number of halogens is 1. The zero-order valence-corrected chi connectivity index (χ0v) is 14.4. The van der Waals surface area contributed by atoms with Crippen molar-refractivity contribution in [1.82, 2.24) is 4.90 Å². The third-order valence-electron chi connectivity index (χ3n) is 3.08. The summed E-state index contributed by atoms with van der Waals surface area (Å²) in [6.07, 6.45) is 1.72. The topological polar surface area (TPSA) is 60.1 Å². The number of aliphatic imine (C=N–C) groups is 1. The van der Waals surface area contributed by atoms with Crippen molar-refractivity contribution in [2.75, 3.05) is 32.9 Å². The average molecular weight is 403 g/mol. The lowest BCUT2D eigenvalue weighted by Gasteiger charge is -2.27. The van der Waals surface area contributed by atoms with Gasteiger partial charge in [-0.05, 0) is 6.07 Å². The molecule has 0 saturated carbocycles. The Morgan fingerprint density at radius 1 is 1.38 bits per heavy atom. The smallest absolute Gasteiger partial charge is 0.191 e. The van der Waals surface area contributed by atoms with E-state index in [1.165, 1.54) is 0 Å². The zero-order chi connectivity index (χ0) is 14.2. The molecule has 1 aromatic rings. The molecule has 0 bridgehead atoms. The van der Waals surface area contributed by atoms with E-state index in [2.05, 4.69) is 11.6 Å². The minimum atomic E-state index is 0. The van der Waals surface area contributed by atoms with Gasteiger partial charge in [0.15, 0.2) is 5.96 Å². The maximum Gasteiger partial charge on any atom is 0.191 e. The summed E-state index contributed by atoms with van der Waals surface area (Å²) in [4.78, 5) is 6.48. The van der Waals surface area contributed by atoms with Crippen LogP contribution in [0.15, 0.2) is 41.9 Å². The van der Waals surface area contributed by atoms with Gasteiger partial charge in [-0.1, -0.05) is 30.9 Å². The van der Waals surface area contributed by atoms with E-state index in [-0.39, 0.29) is 24.0 Å². The quantitative estimate of drug-likeness (QED) is 0.354. The van der Waals surface area contributed by atoms with Gasteiger partial charge in [-0.25, -0.2) is 4.99 Å². The fraction of sp³-hybridized carbons (Fsp3) is 0.400. The summed E-state index contributed by atoms with van der Waals surface area (Å²) in [5.41, 5.74) is 7.03. The summed E-state index contributed by atoms with van der Waals surface area (Å²) < 4.78 is 10.9. The molecular weight excluding hydrogens is 381 g/mol. The molecule has 1 fully saturated rings. The van der Waals surface area contributed by atoms with Crippen LogP contribution in [-0.2, 0) is 11.3 Å². The van der Waals surface area contributed by atoms with Crippen molar-refractivity contribution in [3.8, 4) is 5.75 Å². The van der Waals surface area contributed by atoms with Crippen molar-refractivity contribution in [3.05, 3.63) is 42.5 Å². The Balaban J connectivity index is 0.00000220. The fourth-order valence-corrected chi connectivity index (χ4v) is 1.98. The Morgan fingerprint density at radius 2 is 2.10 bits per heavy atom. The van der Waals surface area contributed by atoms with Crippen LogP contribution in [0, 0.1) is 0 Å². The number of nitrogens with zero attached hydrogens (tertiary/aromatic N) is 2. The number of guanidine groups is 1. The maximum absolute atomic E-state index is 6.01. The minimum Gasteiger partial charge on any atom is -0.489 e. The monoisotopic (exact) mass is 403 g/mol. The molecule has 1 aliphatic rings. The van der Waals surface area contributed by atoms with Crippen LogP contribution in [0.4, 0.5) is 0 Å². The Morgan fingerprint density at radius 3 is 2.81 bits per heavy atom. The van der Waals surface area contributed by atoms with E-state index in [1.807, 2.05) is 29.2 Å². The van der Waals surface area contributed by atoms with Gasteiger partial charge < -0.3 is 20.1 Å². The largest absolute Gasteiger partial charge is 0.489 e. The zero-order valence-electron chi connectivity index (χ0n) is 12.0. The standard InChI is InChI=1S/C15H21N3O2.HI/c1-2-9-20-14-6-4-3-5-13(14)12-17-15(16)18-7-10-19-11-8-18;/h2-6H,1,7-12H2,(H2,16,17);1H. The van der Waals surface area contributed by atoms with Crippen molar-refractivity contribution in [1.29, 1.82) is 0 Å². The van der Waals surface area contributed by atoms with Crippen LogP contribution in [0.2, 0.25) is 0 Å². The second kappa shape index (κ2) is 9.62. The molecule has 0 atom stereocenters. The van der Waals surface area contributed by atoms with E-state index in [0.29, 0.717) is 32.3 Å². The normalized spacial score (nSPS) is 15.2. The SMILES string of the molecule is C=CCOc1ccccc1CN=C(N)N1CCOCC1.I. The van der Waals surface area contributed by atoms with Gasteiger partial charge in [0.25, 0.3) is 0 Å². The molecule has 1 saturated heterocycles. The first kappa shape index (κ1) is 17.8. The lowest BCUT2D eigenvalue weighted by Crippen LogP contribution is -2.44. The van der Waals surface area contributed by atoms with Gasteiger partial charge in [0.05, 0.1) is 19.8 Å². The molecular formula is C15H22IN3O2. The van der Waals surface area contributed by atoms with E-state index in [0.717, 1.165) is 24.4 Å². The minimum absolute atomic E-state index is 0. The van der Waals surface area contributed by atoms with Crippen molar-refractivity contribution in [2.24, 2.45) is 10.7 Å². The summed E-state index contributed by atoms with van der Waals surface area (Å²) in [6, 6.07) is 7.83. The number of hydrogen-bond acceptors (Lipinski definition) is 3. The van der Waals surface area contributed by atoms with Gasteiger partial charge in [0, 0.05) is 18.7 Å². The molecule has 0 amide bonds. The molecule has 5 nitrogen and oxygen atoms in total. The van der Waals surface area contributed by atoms with Crippen LogP contribution in [-0.4, -0.2) is 43.8 Å².